The molecule has 0 amide bonds. The Morgan fingerprint density at radius 2 is 1.59 bits per heavy atom. The van der Waals surface area contributed by atoms with Gasteiger partial charge in [0.2, 0.25) is 5.69 Å². The number of benzene rings is 1. The van der Waals surface area contributed by atoms with E-state index in [2.05, 4.69) is 15.0 Å². The highest BCUT2D eigenvalue weighted by Gasteiger charge is 2.23. The van der Waals surface area contributed by atoms with E-state index in [0.29, 0.717) is 39.9 Å². The van der Waals surface area contributed by atoms with Crippen molar-refractivity contribution in [2.24, 2.45) is 7.05 Å². The van der Waals surface area contributed by atoms with Crippen LogP contribution in [0.4, 0.5) is 4.39 Å². The molecule has 0 N–H and O–H groups in total. The second-order valence-corrected chi connectivity index (χ2v) is 8.21. The molecular formula is C24H30FN4+. The summed E-state index contributed by atoms with van der Waals surface area (Å²) < 4.78 is 40.7. The number of hydrogen-bond donors (Lipinski definition) is 0. The minimum absolute atomic E-state index is 0.111. The minimum Gasteiger partial charge on any atom is -0.217 e. The SMILES string of the molecule is [2H]C([2H])([2H])c1cc(C)cc(-c2c(F)cc(-c3nc(C(C)C)nc(C(C)C)n3)c[n+]2C)c1C. The van der Waals surface area contributed by atoms with Gasteiger partial charge in [-0.25, -0.2) is 15.0 Å². The van der Waals surface area contributed by atoms with Gasteiger partial charge in [0.25, 0.3) is 0 Å². The van der Waals surface area contributed by atoms with Crippen molar-refractivity contribution in [1.82, 2.24) is 15.0 Å². The monoisotopic (exact) mass is 396 g/mol. The van der Waals surface area contributed by atoms with Crippen LogP contribution < -0.4 is 4.57 Å². The van der Waals surface area contributed by atoms with Gasteiger partial charge in [-0.2, -0.15) is 8.96 Å². The van der Waals surface area contributed by atoms with Crippen LogP contribution in [-0.2, 0) is 7.05 Å². The zero-order valence-corrected chi connectivity index (χ0v) is 18.1. The molecule has 0 aliphatic carbocycles. The van der Waals surface area contributed by atoms with Crippen molar-refractivity contribution in [3.8, 4) is 22.6 Å². The molecule has 5 heteroatoms. The molecule has 4 nitrogen and oxygen atoms in total. The molecule has 29 heavy (non-hydrogen) atoms. The Morgan fingerprint density at radius 3 is 2.10 bits per heavy atom. The number of hydrogen-bond acceptors (Lipinski definition) is 3. The van der Waals surface area contributed by atoms with Gasteiger partial charge in [0.15, 0.2) is 17.8 Å². The summed E-state index contributed by atoms with van der Waals surface area (Å²) in [6.07, 6.45) is 1.78. The van der Waals surface area contributed by atoms with Gasteiger partial charge in [-0.3, -0.25) is 0 Å². The van der Waals surface area contributed by atoms with E-state index >= 15 is 4.39 Å². The molecule has 0 atom stereocenters. The van der Waals surface area contributed by atoms with Crippen molar-refractivity contribution in [2.45, 2.75) is 60.2 Å². The molecule has 0 radical (unpaired) electrons. The lowest BCUT2D eigenvalue weighted by atomic mass is 9.96. The summed E-state index contributed by atoms with van der Waals surface area (Å²) in [7, 11) is 1.74. The molecular weight excluding hydrogens is 363 g/mol. The standard InChI is InChI=1S/C24H30FN4/c1-13(2)22-26-23(14(3)4)28-24(27-22)18-11-20(25)21(29(8)12-18)19-10-15(5)9-16(6)17(19)7/h9-14H,1-8H3/q+1/i6D3. The van der Waals surface area contributed by atoms with E-state index in [1.54, 1.807) is 30.8 Å². The van der Waals surface area contributed by atoms with Crippen LogP contribution in [-0.4, -0.2) is 15.0 Å². The molecule has 0 unspecified atom stereocenters. The van der Waals surface area contributed by atoms with Crippen LogP contribution in [0.15, 0.2) is 24.4 Å². The summed E-state index contributed by atoms with van der Waals surface area (Å²) in [5.41, 5.74) is 2.97. The van der Waals surface area contributed by atoms with E-state index in [4.69, 9.17) is 4.11 Å². The lowest BCUT2D eigenvalue weighted by molar-refractivity contribution is -0.661. The Labute approximate surface area is 177 Å². The van der Waals surface area contributed by atoms with Crippen LogP contribution in [0.3, 0.4) is 0 Å². The van der Waals surface area contributed by atoms with Crippen LogP contribution in [0.5, 0.6) is 0 Å². The maximum absolute atomic E-state index is 15.5. The average Bonchev–Trinajstić information content (AvgIpc) is 2.68. The van der Waals surface area contributed by atoms with Crippen LogP contribution in [0.25, 0.3) is 22.6 Å². The number of rotatable bonds is 4. The molecule has 0 bridgehead atoms. The molecule has 0 saturated heterocycles. The highest BCUT2D eigenvalue weighted by Crippen LogP contribution is 2.29. The summed E-state index contributed by atoms with van der Waals surface area (Å²) in [5, 5.41) is 0. The van der Waals surface area contributed by atoms with Gasteiger partial charge in [-0.1, -0.05) is 39.3 Å². The van der Waals surface area contributed by atoms with Gasteiger partial charge in [-0.15, -0.1) is 0 Å². The Morgan fingerprint density at radius 1 is 0.966 bits per heavy atom. The van der Waals surface area contributed by atoms with Crippen LogP contribution in [0.2, 0.25) is 0 Å². The van der Waals surface area contributed by atoms with Gasteiger partial charge in [-0.05, 0) is 44.0 Å². The molecule has 0 aliphatic rings. The third-order valence-corrected chi connectivity index (χ3v) is 4.96. The summed E-state index contributed by atoms with van der Waals surface area (Å²) in [4.78, 5) is 13.7. The van der Waals surface area contributed by atoms with Gasteiger partial charge < -0.3 is 0 Å². The zero-order valence-electron chi connectivity index (χ0n) is 21.1. The molecule has 3 aromatic rings. The number of aromatic nitrogens is 4. The van der Waals surface area contributed by atoms with E-state index in [1.807, 2.05) is 40.7 Å². The predicted molar refractivity (Wildman–Crippen MR) is 114 cm³/mol. The molecule has 0 spiro atoms. The van der Waals surface area contributed by atoms with Gasteiger partial charge in [0.05, 0.1) is 11.1 Å². The maximum Gasteiger partial charge on any atom is 0.248 e. The smallest absolute Gasteiger partial charge is 0.217 e. The lowest BCUT2D eigenvalue weighted by Gasteiger charge is -2.12. The molecule has 0 saturated carbocycles. The first-order valence-electron chi connectivity index (χ1n) is 11.4. The second kappa shape index (κ2) is 7.97. The quantitative estimate of drug-likeness (QED) is 0.559. The number of nitrogens with zero attached hydrogens (tertiary/aromatic N) is 4. The molecule has 2 aromatic heterocycles. The summed E-state index contributed by atoms with van der Waals surface area (Å²) in [6.45, 7) is 9.30. The summed E-state index contributed by atoms with van der Waals surface area (Å²) >= 11 is 0. The third-order valence-electron chi connectivity index (χ3n) is 4.96. The van der Waals surface area contributed by atoms with Crippen molar-refractivity contribution >= 4 is 0 Å². The first kappa shape index (κ1) is 17.2. The number of pyridine rings is 1. The van der Waals surface area contributed by atoms with Gasteiger partial charge in [0.1, 0.15) is 18.7 Å². The van der Waals surface area contributed by atoms with Gasteiger partial charge in [0, 0.05) is 15.9 Å². The minimum atomic E-state index is -2.27. The topological polar surface area (TPSA) is 42.6 Å². The highest BCUT2D eigenvalue weighted by atomic mass is 19.1. The number of aryl methyl sites for hydroxylation is 3. The fraction of sp³-hybridized carbons (Fsp3) is 0.417. The third kappa shape index (κ3) is 4.19. The van der Waals surface area contributed by atoms with Crippen molar-refractivity contribution in [1.29, 1.82) is 0 Å². The molecule has 152 valence electrons. The van der Waals surface area contributed by atoms with Crippen LogP contribution in [0.1, 0.15) is 72.0 Å². The Hall–Kier alpha value is -2.69. The Bertz CT molecular complexity index is 1120. The zero-order chi connectivity index (χ0) is 24.0. The first-order valence-corrected chi connectivity index (χ1v) is 9.87. The van der Waals surface area contributed by atoms with Crippen molar-refractivity contribution in [3.63, 3.8) is 0 Å². The van der Waals surface area contributed by atoms with Crippen molar-refractivity contribution in [3.05, 3.63) is 58.6 Å². The van der Waals surface area contributed by atoms with Crippen LogP contribution in [0, 0.1) is 26.5 Å². The Kier molecular flexibility index (Phi) is 4.73. The highest BCUT2D eigenvalue weighted by molar-refractivity contribution is 5.66. The van der Waals surface area contributed by atoms with Crippen molar-refractivity contribution < 1.29 is 13.1 Å². The first-order chi connectivity index (χ1) is 14.8. The van der Waals surface area contributed by atoms with E-state index in [-0.39, 0.29) is 17.4 Å². The largest absolute Gasteiger partial charge is 0.248 e. The molecule has 0 fully saturated rings. The molecule has 2 heterocycles. The normalized spacial score (nSPS) is 13.5. The average molecular weight is 397 g/mol. The fourth-order valence-electron chi connectivity index (χ4n) is 3.28. The second-order valence-electron chi connectivity index (χ2n) is 8.21. The predicted octanol–water partition coefficient (Wildman–Crippen LogP) is 5.34. The van der Waals surface area contributed by atoms with E-state index in [9.17, 15) is 0 Å². The number of halogens is 1. The molecule has 1 aromatic carbocycles. The van der Waals surface area contributed by atoms with E-state index in [0.717, 1.165) is 5.56 Å². The Balaban J connectivity index is 2.21. The van der Waals surface area contributed by atoms with Gasteiger partial charge >= 0.3 is 0 Å². The lowest BCUT2D eigenvalue weighted by Crippen LogP contribution is -2.32. The molecule has 3 rings (SSSR count). The van der Waals surface area contributed by atoms with E-state index < -0.39 is 12.7 Å². The maximum atomic E-state index is 15.5. The van der Waals surface area contributed by atoms with Crippen molar-refractivity contribution in [2.75, 3.05) is 0 Å². The van der Waals surface area contributed by atoms with Crippen LogP contribution >= 0.6 is 0 Å². The molecule has 0 aliphatic heterocycles. The van der Waals surface area contributed by atoms with E-state index in [1.165, 1.54) is 6.07 Å². The summed E-state index contributed by atoms with van der Waals surface area (Å²) in [5.74, 6) is 1.52. The summed E-state index contributed by atoms with van der Waals surface area (Å²) in [6, 6.07) is 4.87. The fourth-order valence-corrected chi connectivity index (χ4v) is 3.28.